The van der Waals surface area contributed by atoms with Crippen molar-refractivity contribution in [3.8, 4) is 0 Å². The molecule has 0 aromatic heterocycles. The minimum atomic E-state index is -3.90. The fraction of sp³-hybridized carbons (Fsp3) is 0.857. The molecule has 5 nitrogen and oxygen atoms in total. The van der Waals surface area contributed by atoms with Crippen LogP contribution in [0.5, 0.6) is 0 Å². The van der Waals surface area contributed by atoms with Crippen molar-refractivity contribution >= 4 is 16.2 Å². The summed E-state index contributed by atoms with van der Waals surface area (Å²) in [7, 11) is -3.90. The van der Waals surface area contributed by atoms with Crippen LogP contribution in [0, 0.1) is 0 Å². The molecule has 1 amide bonds. The maximum atomic E-state index is 11.3. The number of hydrogen-bond donors (Lipinski definition) is 1. The Morgan fingerprint density at radius 3 is 2.23 bits per heavy atom. The van der Waals surface area contributed by atoms with Crippen LogP contribution in [0.25, 0.3) is 0 Å². The third kappa shape index (κ3) is 3.22. The summed E-state index contributed by atoms with van der Waals surface area (Å²) >= 11 is 0. The Labute approximate surface area is 78.4 Å². The van der Waals surface area contributed by atoms with Gasteiger partial charge in [0.25, 0.3) is 0 Å². The molecule has 13 heavy (non-hydrogen) atoms. The first-order chi connectivity index (χ1) is 5.73. The van der Waals surface area contributed by atoms with Gasteiger partial charge >= 0.3 is 16.2 Å². The first-order valence-electron chi connectivity index (χ1n) is 3.96. The summed E-state index contributed by atoms with van der Waals surface area (Å²) in [6.45, 7) is 4.84. The Hall–Kier alpha value is -0.780. The molecule has 0 aromatic rings. The van der Waals surface area contributed by atoms with Gasteiger partial charge in [0.1, 0.15) is 4.75 Å². The lowest BCUT2D eigenvalue weighted by Crippen LogP contribution is -2.36. The highest BCUT2D eigenvalue weighted by Crippen LogP contribution is 2.23. The fourth-order valence-corrected chi connectivity index (χ4v) is 1.84. The van der Waals surface area contributed by atoms with Crippen LogP contribution in [0.4, 0.5) is 4.79 Å². The average molecular weight is 209 g/mol. The molecule has 0 aliphatic heterocycles. The van der Waals surface area contributed by atoms with E-state index >= 15 is 0 Å². The summed E-state index contributed by atoms with van der Waals surface area (Å²) in [5, 5.41) is 0. The van der Waals surface area contributed by atoms with E-state index in [1.807, 2.05) is 6.92 Å². The molecule has 0 bridgehead atoms. The number of carbonyl (C=O) groups is 1. The second kappa shape index (κ2) is 3.95. The molecule has 0 saturated carbocycles. The van der Waals surface area contributed by atoms with Gasteiger partial charge in [0.05, 0.1) is 0 Å². The number of amides is 1. The van der Waals surface area contributed by atoms with E-state index in [2.05, 4.69) is 9.92 Å². The third-order valence-corrected chi connectivity index (χ3v) is 3.66. The van der Waals surface area contributed by atoms with Gasteiger partial charge in [-0.05, 0) is 20.3 Å². The Balaban J connectivity index is 4.71. The van der Waals surface area contributed by atoms with Gasteiger partial charge in [-0.1, -0.05) is 13.3 Å². The molecule has 0 heterocycles. The molecule has 0 radical (unpaired) electrons. The van der Waals surface area contributed by atoms with E-state index in [9.17, 15) is 13.2 Å². The molecule has 0 rings (SSSR count). The number of hydrogen-bond acceptors (Lipinski definition) is 4. The molecule has 0 aromatic carbocycles. The quantitative estimate of drug-likeness (QED) is 0.699. The minimum Gasteiger partial charge on any atom is -0.334 e. The zero-order valence-corrected chi connectivity index (χ0v) is 8.85. The Morgan fingerprint density at radius 2 is 1.92 bits per heavy atom. The normalized spacial score (nSPS) is 12.5. The summed E-state index contributed by atoms with van der Waals surface area (Å²) in [5.74, 6) is 0. The van der Waals surface area contributed by atoms with Crippen molar-refractivity contribution in [3.63, 3.8) is 0 Å². The van der Waals surface area contributed by atoms with Crippen LogP contribution < -0.4 is 5.73 Å². The maximum absolute atomic E-state index is 11.3. The lowest BCUT2D eigenvalue weighted by Gasteiger charge is -2.21. The molecular weight excluding hydrogens is 194 g/mol. The van der Waals surface area contributed by atoms with E-state index < -0.39 is 21.0 Å². The second-order valence-electron chi connectivity index (χ2n) is 3.37. The van der Waals surface area contributed by atoms with Gasteiger partial charge < -0.3 is 9.92 Å². The Kier molecular flexibility index (Phi) is 3.71. The van der Waals surface area contributed by atoms with Crippen molar-refractivity contribution < 1.29 is 17.4 Å². The van der Waals surface area contributed by atoms with E-state index in [1.54, 1.807) is 0 Å². The van der Waals surface area contributed by atoms with E-state index in [0.29, 0.717) is 12.8 Å². The standard InChI is InChI=1S/C7H15NO4S/c1-4-5-7(2,3)13(10,11)12-6(8)9/h4-5H2,1-3H3,(H2,8,9). The number of rotatable bonds is 4. The second-order valence-corrected chi connectivity index (χ2v) is 5.55. The van der Waals surface area contributed by atoms with Gasteiger partial charge in [-0.3, -0.25) is 0 Å². The topological polar surface area (TPSA) is 86.5 Å². The molecule has 0 aliphatic rings. The number of nitrogens with two attached hydrogens (primary N) is 1. The van der Waals surface area contributed by atoms with Crippen LogP contribution in [-0.4, -0.2) is 19.3 Å². The molecule has 6 heteroatoms. The summed E-state index contributed by atoms with van der Waals surface area (Å²) in [4.78, 5) is 10.3. The number of carbonyl (C=O) groups excluding carboxylic acids is 1. The van der Waals surface area contributed by atoms with Crippen LogP contribution in [0.15, 0.2) is 0 Å². The molecule has 0 unspecified atom stereocenters. The van der Waals surface area contributed by atoms with Gasteiger partial charge in [0, 0.05) is 0 Å². The molecule has 0 fully saturated rings. The lowest BCUT2D eigenvalue weighted by molar-refractivity contribution is 0.210. The van der Waals surface area contributed by atoms with E-state index in [0.717, 1.165) is 0 Å². The van der Waals surface area contributed by atoms with E-state index in [-0.39, 0.29) is 0 Å². The Morgan fingerprint density at radius 1 is 1.46 bits per heavy atom. The summed E-state index contributed by atoms with van der Waals surface area (Å²) in [6, 6.07) is 0. The van der Waals surface area contributed by atoms with Gasteiger partial charge in [-0.25, -0.2) is 4.79 Å². The summed E-state index contributed by atoms with van der Waals surface area (Å²) in [6.07, 6.45) is -0.180. The van der Waals surface area contributed by atoms with Gasteiger partial charge in [0.15, 0.2) is 0 Å². The van der Waals surface area contributed by atoms with Crippen molar-refractivity contribution in [2.75, 3.05) is 0 Å². The molecule has 2 N–H and O–H groups in total. The number of primary amides is 1. The van der Waals surface area contributed by atoms with Crippen LogP contribution in [-0.2, 0) is 14.3 Å². The molecule has 0 spiro atoms. The van der Waals surface area contributed by atoms with Gasteiger partial charge in [-0.2, -0.15) is 8.42 Å². The molecule has 78 valence electrons. The van der Waals surface area contributed by atoms with Gasteiger partial charge in [-0.15, -0.1) is 0 Å². The zero-order valence-electron chi connectivity index (χ0n) is 8.03. The zero-order chi connectivity index (χ0) is 10.7. The lowest BCUT2D eigenvalue weighted by atomic mass is 10.1. The average Bonchev–Trinajstić information content (AvgIpc) is 1.82. The van der Waals surface area contributed by atoms with Crippen LogP contribution in [0.2, 0.25) is 0 Å². The monoisotopic (exact) mass is 209 g/mol. The maximum Gasteiger partial charge on any atom is 0.420 e. The van der Waals surface area contributed by atoms with E-state index in [4.69, 9.17) is 0 Å². The predicted octanol–water partition coefficient (Wildman–Crippen LogP) is 0.990. The van der Waals surface area contributed by atoms with Crippen molar-refractivity contribution in [2.24, 2.45) is 5.73 Å². The van der Waals surface area contributed by atoms with Crippen molar-refractivity contribution in [1.82, 2.24) is 0 Å². The van der Waals surface area contributed by atoms with Crippen molar-refractivity contribution in [3.05, 3.63) is 0 Å². The molecule has 0 saturated heterocycles. The molecular formula is C7H15NO4S. The van der Waals surface area contributed by atoms with Crippen LogP contribution in [0.3, 0.4) is 0 Å². The first-order valence-corrected chi connectivity index (χ1v) is 5.37. The smallest absolute Gasteiger partial charge is 0.334 e. The van der Waals surface area contributed by atoms with Crippen LogP contribution in [0.1, 0.15) is 33.6 Å². The van der Waals surface area contributed by atoms with Crippen molar-refractivity contribution in [2.45, 2.75) is 38.4 Å². The fourth-order valence-electron chi connectivity index (χ4n) is 0.948. The third-order valence-electron chi connectivity index (χ3n) is 1.72. The largest absolute Gasteiger partial charge is 0.420 e. The minimum absolute atomic E-state index is 0.419. The highest BCUT2D eigenvalue weighted by atomic mass is 32.2. The summed E-state index contributed by atoms with van der Waals surface area (Å²) < 4.78 is 25.7. The first kappa shape index (κ1) is 12.2. The highest BCUT2D eigenvalue weighted by Gasteiger charge is 2.36. The molecule has 0 atom stereocenters. The van der Waals surface area contributed by atoms with E-state index in [1.165, 1.54) is 13.8 Å². The van der Waals surface area contributed by atoms with Crippen molar-refractivity contribution in [1.29, 1.82) is 0 Å². The molecule has 0 aliphatic carbocycles. The predicted molar refractivity (Wildman–Crippen MR) is 48.6 cm³/mol. The Bertz CT molecular complexity index is 281. The summed E-state index contributed by atoms with van der Waals surface area (Å²) in [5.41, 5.74) is 4.63. The highest BCUT2D eigenvalue weighted by molar-refractivity contribution is 7.88. The van der Waals surface area contributed by atoms with Gasteiger partial charge in [0.2, 0.25) is 0 Å². The SMILES string of the molecule is CCCC(C)(C)S(=O)(=O)OC(N)=O. The van der Waals surface area contributed by atoms with Crippen LogP contribution >= 0.6 is 0 Å².